The molecule has 0 radical (unpaired) electrons. The first-order valence-electron chi connectivity index (χ1n) is 9.76. The van der Waals surface area contributed by atoms with Gasteiger partial charge in [0.1, 0.15) is 23.0 Å². The highest BCUT2D eigenvalue weighted by Gasteiger charge is 2.47. The summed E-state index contributed by atoms with van der Waals surface area (Å²) in [6.45, 7) is 6.80. The highest BCUT2D eigenvalue weighted by Crippen LogP contribution is 2.36. The second-order valence-electron chi connectivity index (χ2n) is 8.62. The number of pyridine rings is 1. The lowest BCUT2D eigenvalue weighted by Gasteiger charge is -2.39. The Bertz CT molecular complexity index is 999. The van der Waals surface area contributed by atoms with Crippen molar-refractivity contribution in [3.05, 3.63) is 48.2 Å². The molecular weight excluding hydrogens is 390 g/mol. The third kappa shape index (κ3) is 4.05. The molecule has 3 N–H and O–H groups in total. The molecule has 1 fully saturated rings. The van der Waals surface area contributed by atoms with Gasteiger partial charge >= 0.3 is 6.03 Å². The van der Waals surface area contributed by atoms with E-state index in [0.29, 0.717) is 31.2 Å². The number of aromatic nitrogens is 1. The topological polar surface area (TPSA) is 81.7 Å². The van der Waals surface area contributed by atoms with Crippen LogP contribution in [-0.4, -0.2) is 45.9 Å². The van der Waals surface area contributed by atoms with Gasteiger partial charge in [0.25, 0.3) is 0 Å². The van der Waals surface area contributed by atoms with Crippen LogP contribution < -0.4 is 16.0 Å². The van der Waals surface area contributed by atoms with Crippen LogP contribution in [0, 0.1) is 11.6 Å². The summed E-state index contributed by atoms with van der Waals surface area (Å²) < 4.78 is 26.9. The summed E-state index contributed by atoms with van der Waals surface area (Å²) in [5.41, 5.74) is -0.0301. The van der Waals surface area contributed by atoms with E-state index in [1.54, 1.807) is 11.1 Å². The van der Waals surface area contributed by atoms with Gasteiger partial charge in [-0.05, 0) is 51.5 Å². The van der Waals surface area contributed by atoms with Gasteiger partial charge in [0.15, 0.2) is 5.82 Å². The molecule has 1 atom stereocenters. The van der Waals surface area contributed by atoms with Crippen LogP contribution in [0.5, 0.6) is 0 Å². The Balaban J connectivity index is 1.59. The zero-order valence-electron chi connectivity index (χ0n) is 17.1. The fourth-order valence-electron chi connectivity index (χ4n) is 3.73. The van der Waals surface area contributed by atoms with Gasteiger partial charge in [-0.25, -0.2) is 18.6 Å². The monoisotopic (exact) mass is 414 g/mol. The second kappa shape index (κ2) is 7.23. The molecule has 1 spiro atoms. The molecule has 0 saturated carbocycles. The number of likely N-dealkylation sites (tertiary alicyclic amines) is 1. The van der Waals surface area contributed by atoms with E-state index in [9.17, 15) is 13.6 Å². The van der Waals surface area contributed by atoms with Crippen molar-refractivity contribution in [2.75, 3.05) is 29.0 Å². The van der Waals surface area contributed by atoms with Crippen LogP contribution >= 0.6 is 0 Å². The Morgan fingerprint density at radius 1 is 1.27 bits per heavy atom. The summed E-state index contributed by atoms with van der Waals surface area (Å²) in [5, 5.41) is 9.42. The van der Waals surface area contributed by atoms with E-state index in [-0.39, 0.29) is 11.2 Å². The first-order valence-corrected chi connectivity index (χ1v) is 9.76. The van der Waals surface area contributed by atoms with Gasteiger partial charge in [0.05, 0.1) is 17.8 Å². The Hall–Kier alpha value is -3.23. The second-order valence-corrected chi connectivity index (χ2v) is 8.62. The van der Waals surface area contributed by atoms with Crippen LogP contribution in [0.4, 0.5) is 30.8 Å². The Morgan fingerprint density at radius 2 is 2.00 bits per heavy atom. The molecule has 3 heterocycles. The van der Waals surface area contributed by atoms with E-state index in [4.69, 9.17) is 4.99 Å². The molecule has 7 nitrogen and oxygen atoms in total. The minimum Gasteiger partial charge on any atom is -0.368 e. The summed E-state index contributed by atoms with van der Waals surface area (Å²) >= 11 is 0. The molecule has 0 bridgehead atoms. The summed E-state index contributed by atoms with van der Waals surface area (Å²) in [5.74, 6) is -0.0901. The largest absolute Gasteiger partial charge is 0.368 e. The third-order valence-corrected chi connectivity index (χ3v) is 4.99. The van der Waals surface area contributed by atoms with Crippen molar-refractivity contribution in [2.24, 2.45) is 4.99 Å². The summed E-state index contributed by atoms with van der Waals surface area (Å²) in [6.07, 6.45) is 2.32. The molecule has 30 heavy (non-hydrogen) atoms. The van der Waals surface area contributed by atoms with Gasteiger partial charge in [-0.3, -0.25) is 4.99 Å². The molecule has 9 heteroatoms. The molecule has 2 aromatic rings. The highest BCUT2D eigenvalue weighted by molar-refractivity contribution is 6.09. The van der Waals surface area contributed by atoms with Crippen LogP contribution in [0.25, 0.3) is 0 Å². The number of anilines is 3. The molecule has 1 unspecified atom stereocenters. The van der Waals surface area contributed by atoms with E-state index < -0.39 is 23.2 Å². The number of benzene rings is 1. The Kier molecular flexibility index (Phi) is 4.83. The molecule has 2 amide bonds. The number of rotatable bonds is 1. The summed E-state index contributed by atoms with van der Waals surface area (Å²) in [7, 11) is 0. The van der Waals surface area contributed by atoms with Crippen molar-refractivity contribution in [3.8, 4) is 0 Å². The van der Waals surface area contributed by atoms with Crippen LogP contribution in [0.2, 0.25) is 0 Å². The van der Waals surface area contributed by atoms with Crippen molar-refractivity contribution in [2.45, 2.75) is 38.3 Å². The zero-order valence-corrected chi connectivity index (χ0v) is 17.1. The van der Waals surface area contributed by atoms with Gasteiger partial charge in [-0.1, -0.05) is 0 Å². The normalized spacial score (nSPS) is 21.9. The third-order valence-electron chi connectivity index (χ3n) is 4.99. The van der Waals surface area contributed by atoms with E-state index in [2.05, 4.69) is 20.9 Å². The number of hydrogen-bond acceptors (Lipinski definition) is 4. The zero-order chi connectivity index (χ0) is 21.5. The number of urea groups is 1. The Morgan fingerprint density at radius 3 is 2.70 bits per heavy atom. The minimum atomic E-state index is -0.745. The molecule has 1 aromatic heterocycles. The average molecular weight is 414 g/mol. The SMILES string of the molecule is CC(C)(C)N=C1Nc2ncccc2NC12CCN(C(=O)Nc1cc(F)cc(F)c1)C2. The lowest BCUT2D eigenvalue weighted by molar-refractivity contribution is 0.221. The fraction of sp³-hybridized carbons (Fsp3) is 0.381. The number of hydrogen-bond donors (Lipinski definition) is 3. The van der Waals surface area contributed by atoms with Gasteiger partial charge in [-0.15, -0.1) is 0 Å². The average Bonchev–Trinajstić information content (AvgIpc) is 3.05. The van der Waals surface area contributed by atoms with Crippen molar-refractivity contribution in [1.82, 2.24) is 9.88 Å². The molecule has 158 valence electrons. The summed E-state index contributed by atoms with van der Waals surface area (Å²) in [4.78, 5) is 23.6. The standard InChI is InChI=1S/C21H24F2N6O/c1-20(2,3)28-18-21(27-16-5-4-7-24-17(16)26-18)6-8-29(12-21)19(30)25-15-10-13(22)9-14(23)11-15/h4-5,7,9-11,27H,6,8,12H2,1-3H3,(H,25,30)(H,24,26,28). The van der Waals surface area contributed by atoms with Crippen LogP contribution in [0.3, 0.4) is 0 Å². The van der Waals surface area contributed by atoms with Crippen molar-refractivity contribution in [3.63, 3.8) is 0 Å². The number of aliphatic imine (C=N–C) groups is 1. The maximum atomic E-state index is 13.4. The van der Waals surface area contributed by atoms with Crippen molar-refractivity contribution in [1.29, 1.82) is 0 Å². The molecular formula is C21H24F2N6O. The fourth-order valence-corrected chi connectivity index (χ4v) is 3.73. The predicted octanol–water partition coefficient (Wildman–Crippen LogP) is 4.07. The van der Waals surface area contributed by atoms with Crippen LogP contribution in [0.1, 0.15) is 27.2 Å². The van der Waals surface area contributed by atoms with E-state index in [1.807, 2.05) is 32.9 Å². The number of carbonyl (C=O) groups is 1. The predicted molar refractivity (Wildman–Crippen MR) is 113 cm³/mol. The number of amides is 2. The maximum Gasteiger partial charge on any atom is 0.321 e. The summed E-state index contributed by atoms with van der Waals surface area (Å²) in [6, 6.07) is 6.27. The number of carbonyl (C=O) groups excluding carboxylic acids is 1. The van der Waals surface area contributed by atoms with Crippen LogP contribution in [0.15, 0.2) is 41.5 Å². The Labute approximate surface area is 173 Å². The molecule has 4 rings (SSSR count). The van der Waals surface area contributed by atoms with E-state index in [1.165, 1.54) is 0 Å². The number of nitrogens with one attached hydrogen (secondary N) is 3. The lowest BCUT2D eigenvalue weighted by Crippen LogP contribution is -2.55. The molecule has 2 aliphatic heterocycles. The van der Waals surface area contributed by atoms with Gasteiger partial charge in [-0.2, -0.15) is 0 Å². The number of halogens is 2. The number of fused-ring (bicyclic) bond motifs is 1. The molecule has 2 aliphatic rings. The van der Waals surface area contributed by atoms with E-state index in [0.717, 1.165) is 23.9 Å². The molecule has 1 saturated heterocycles. The van der Waals surface area contributed by atoms with Gasteiger partial charge in [0, 0.05) is 24.5 Å². The first-order chi connectivity index (χ1) is 14.1. The number of nitrogens with zero attached hydrogens (tertiary/aromatic N) is 3. The van der Waals surface area contributed by atoms with E-state index >= 15 is 0 Å². The molecule has 0 aliphatic carbocycles. The highest BCUT2D eigenvalue weighted by atomic mass is 19.1. The maximum absolute atomic E-state index is 13.4. The smallest absolute Gasteiger partial charge is 0.321 e. The van der Waals surface area contributed by atoms with Gasteiger partial charge < -0.3 is 20.9 Å². The minimum absolute atomic E-state index is 0.0753. The quantitative estimate of drug-likeness (QED) is 0.657. The van der Waals surface area contributed by atoms with Crippen molar-refractivity contribution < 1.29 is 13.6 Å². The van der Waals surface area contributed by atoms with Gasteiger partial charge in [0.2, 0.25) is 0 Å². The molecule has 1 aromatic carbocycles. The number of amidine groups is 1. The van der Waals surface area contributed by atoms with Crippen LogP contribution in [-0.2, 0) is 0 Å². The lowest BCUT2D eigenvalue weighted by atomic mass is 9.93. The first kappa shape index (κ1) is 20.1. The van der Waals surface area contributed by atoms with Crippen molar-refractivity contribution >= 4 is 29.1 Å².